The number of nitro groups is 1. The number of carbonyl (C=O) groups excluding carboxylic acids is 1. The summed E-state index contributed by atoms with van der Waals surface area (Å²) >= 11 is 0. The monoisotopic (exact) mass is 430 g/mol. The molecule has 0 saturated carbocycles. The van der Waals surface area contributed by atoms with Crippen LogP contribution in [0.15, 0.2) is 42.5 Å². The molecular formula is C19H18F4N2O5. The van der Waals surface area contributed by atoms with Crippen LogP contribution in [0.2, 0.25) is 0 Å². The highest BCUT2D eigenvalue weighted by Gasteiger charge is 2.43. The van der Waals surface area contributed by atoms with Crippen molar-refractivity contribution in [3.63, 3.8) is 0 Å². The van der Waals surface area contributed by atoms with Crippen LogP contribution in [0, 0.1) is 10.1 Å². The van der Waals surface area contributed by atoms with Gasteiger partial charge in [0.15, 0.2) is 0 Å². The Labute approximate surface area is 168 Å². The molecule has 2 rings (SSSR count). The van der Waals surface area contributed by atoms with Gasteiger partial charge in [0.1, 0.15) is 5.75 Å². The maximum absolute atomic E-state index is 13.0. The molecule has 0 aliphatic carbocycles. The van der Waals surface area contributed by atoms with Crippen molar-refractivity contribution < 1.29 is 36.8 Å². The van der Waals surface area contributed by atoms with Gasteiger partial charge in [0, 0.05) is 29.9 Å². The number of esters is 1. The summed E-state index contributed by atoms with van der Waals surface area (Å²) in [6.45, 7) is 1.90. The second-order valence-corrected chi connectivity index (χ2v) is 5.99. The Morgan fingerprint density at radius 1 is 1.23 bits per heavy atom. The highest BCUT2D eigenvalue weighted by molar-refractivity contribution is 5.90. The molecule has 0 aliphatic rings. The first-order valence-corrected chi connectivity index (χ1v) is 8.77. The largest absolute Gasteiger partial charge is 0.462 e. The third-order valence-corrected chi connectivity index (χ3v) is 3.86. The van der Waals surface area contributed by atoms with Crippen LogP contribution in [0.4, 0.5) is 28.9 Å². The summed E-state index contributed by atoms with van der Waals surface area (Å²) in [6.07, 6.45) is -8.44. The average Bonchev–Trinajstić information content (AvgIpc) is 2.68. The molecule has 0 atom stereocenters. The van der Waals surface area contributed by atoms with Gasteiger partial charge < -0.3 is 14.8 Å². The first-order chi connectivity index (χ1) is 14.1. The Morgan fingerprint density at radius 3 is 2.60 bits per heavy atom. The standard InChI is InChI=1S/C19H18F4N2O5/c1-2-29-17(26)13-7-6-12(16(10-13)25(27)28)8-9-24-14-4-3-5-15(11-14)30-19(22,23)18(20)21/h3-7,10-11,18,24H,2,8-9H2,1H3. The van der Waals surface area contributed by atoms with E-state index in [9.17, 15) is 32.5 Å². The lowest BCUT2D eigenvalue weighted by Gasteiger charge is -2.17. The number of ether oxygens (including phenoxy) is 2. The van der Waals surface area contributed by atoms with Crippen molar-refractivity contribution in [2.24, 2.45) is 0 Å². The summed E-state index contributed by atoms with van der Waals surface area (Å²) < 4.78 is 59.3. The Hall–Kier alpha value is -3.37. The van der Waals surface area contributed by atoms with Crippen molar-refractivity contribution in [3.05, 3.63) is 63.7 Å². The number of nitrogens with zero attached hydrogens (tertiary/aromatic N) is 1. The molecule has 0 spiro atoms. The minimum Gasteiger partial charge on any atom is -0.462 e. The molecule has 2 aromatic rings. The van der Waals surface area contributed by atoms with E-state index >= 15 is 0 Å². The van der Waals surface area contributed by atoms with Crippen LogP contribution < -0.4 is 10.1 Å². The van der Waals surface area contributed by atoms with E-state index < -0.39 is 29.2 Å². The molecule has 162 valence electrons. The fourth-order valence-corrected chi connectivity index (χ4v) is 2.50. The van der Waals surface area contributed by atoms with Gasteiger partial charge in [-0.05, 0) is 31.5 Å². The molecule has 0 saturated heterocycles. The smallest absolute Gasteiger partial charge is 0.461 e. The van der Waals surface area contributed by atoms with Crippen LogP contribution >= 0.6 is 0 Å². The van der Waals surface area contributed by atoms with Gasteiger partial charge in [0.2, 0.25) is 0 Å². The normalized spacial score (nSPS) is 11.3. The lowest BCUT2D eigenvalue weighted by molar-refractivity contribution is -0.385. The first kappa shape index (κ1) is 22.9. The fraction of sp³-hybridized carbons (Fsp3) is 0.316. The molecule has 0 unspecified atom stereocenters. The van der Waals surface area contributed by atoms with E-state index in [1.54, 1.807) is 6.92 Å². The van der Waals surface area contributed by atoms with Gasteiger partial charge in [-0.15, -0.1) is 0 Å². The second kappa shape index (κ2) is 9.90. The Balaban J connectivity index is 2.05. The number of hydrogen-bond acceptors (Lipinski definition) is 6. The number of nitro benzene ring substituents is 1. The van der Waals surface area contributed by atoms with Crippen LogP contribution in [0.5, 0.6) is 5.75 Å². The first-order valence-electron chi connectivity index (χ1n) is 8.77. The lowest BCUT2D eigenvalue weighted by atomic mass is 10.1. The summed E-state index contributed by atoms with van der Waals surface area (Å²) in [4.78, 5) is 22.4. The molecule has 1 N–H and O–H groups in total. The van der Waals surface area contributed by atoms with Gasteiger partial charge >= 0.3 is 18.5 Å². The predicted molar refractivity (Wildman–Crippen MR) is 99.3 cm³/mol. The maximum Gasteiger partial charge on any atom is 0.461 e. The van der Waals surface area contributed by atoms with Crippen molar-refractivity contribution in [2.45, 2.75) is 25.9 Å². The second-order valence-electron chi connectivity index (χ2n) is 5.99. The number of rotatable bonds is 10. The Kier molecular flexibility index (Phi) is 7.56. The maximum atomic E-state index is 13.0. The van der Waals surface area contributed by atoms with Crippen LogP contribution in [0.1, 0.15) is 22.8 Å². The SMILES string of the molecule is CCOC(=O)c1ccc(CCNc2cccc(OC(F)(F)C(F)F)c2)c([N+](=O)[O-])c1. The lowest BCUT2D eigenvalue weighted by Crippen LogP contribution is -2.33. The van der Waals surface area contributed by atoms with E-state index in [1.165, 1.54) is 24.3 Å². The number of halogens is 4. The molecule has 7 nitrogen and oxygen atoms in total. The van der Waals surface area contributed by atoms with Gasteiger partial charge in [-0.1, -0.05) is 12.1 Å². The summed E-state index contributed by atoms with van der Waals surface area (Å²) in [5.74, 6) is -1.14. The third-order valence-electron chi connectivity index (χ3n) is 3.86. The van der Waals surface area contributed by atoms with Gasteiger partial charge in [-0.25, -0.2) is 4.79 Å². The summed E-state index contributed by atoms with van der Waals surface area (Å²) in [7, 11) is 0. The van der Waals surface area contributed by atoms with E-state index in [0.29, 0.717) is 11.3 Å². The molecule has 30 heavy (non-hydrogen) atoms. The van der Waals surface area contributed by atoms with E-state index in [1.807, 2.05) is 0 Å². The van der Waals surface area contributed by atoms with E-state index in [-0.39, 0.29) is 30.8 Å². The molecular weight excluding hydrogens is 412 g/mol. The molecule has 0 radical (unpaired) electrons. The summed E-state index contributed by atoms with van der Waals surface area (Å²) in [5.41, 5.74) is 0.404. The zero-order chi connectivity index (χ0) is 22.3. The van der Waals surface area contributed by atoms with Gasteiger partial charge in [-0.2, -0.15) is 17.6 Å². The van der Waals surface area contributed by atoms with Crippen molar-refractivity contribution in [3.8, 4) is 5.75 Å². The summed E-state index contributed by atoms with van der Waals surface area (Å²) in [6, 6.07) is 8.97. The van der Waals surface area contributed by atoms with Gasteiger partial charge in [-0.3, -0.25) is 10.1 Å². The molecule has 0 fully saturated rings. The highest BCUT2D eigenvalue weighted by atomic mass is 19.3. The predicted octanol–water partition coefficient (Wildman–Crippen LogP) is 4.66. The quantitative estimate of drug-likeness (QED) is 0.255. The van der Waals surface area contributed by atoms with Gasteiger partial charge in [0.05, 0.1) is 17.1 Å². The number of carbonyl (C=O) groups is 1. The number of alkyl halides is 4. The van der Waals surface area contributed by atoms with Crippen LogP contribution in [-0.2, 0) is 11.2 Å². The van der Waals surface area contributed by atoms with E-state index in [4.69, 9.17) is 4.74 Å². The highest BCUT2D eigenvalue weighted by Crippen LogP contribution is 2.29. The van der Waals surface area contributed by atoms with Gasteiger partial charge in [0.25, 0.3) is 5.69 Å². The minimum absolute atomic E-state index is 0.0464. The average molecular weight is 430 g/mol. The third kappa shape index (κ3) is 6.06. The zero-order valence-corrected chi connectivity index (χ0v) is 15.7. The minimum atomic E-state index is -4.63. The molecule has 0 aromatic heterocycles. The topological polar surface area (TPSA) is 90.7 Å². The molecule has 0 bridgehead atoms. The van der Waals surface area contributed by atoms with Crippen LogP contribution in [0.25, 0.3) is 0 Å². The molecule has 0 aliphatic heterocycles. The number of nitrogens with one attached hydrogen (secondary N) is 1. The number of benzene rings is 2. The van der Waals surface area contributed by atoms with Crippen LogP contribution in [0.3, 0.4) is 0 Å². The van der Waals surface area contributed by atoms with Crippen molar-refractivity contribution in [1.82, 2.24) is 0 Å². The number of anilines is 1. The van der Waals surface area contributed by atoms with E-state index in [2.05, 4.69) is 10.1 Å². The molecule has 2 aromatic carbocycles. The molecule has 11 heteroatoms. The van der Waals surface area contributed by atoms with E-state index in [0.717, 1.165) is 18.2 Å². The molecule has 0 amide bonds. The zero-order valence-electron chi connectivity index (χ0n) is 15.7. The van der Waals surface area contributed by atoms with Crippen molar-refractivity contribution >= 4 is 17.3 Å². The molecule has 0 heterocycles. The van der Waals surface area contributed by atoms with Crippen molar-refractivity contribution in [2.75, 3.05) is 18.5 Å². The Bertz CT molecular complexity index is 908. The fourth-order valence-electron chi connectivity index (χ4n) is 2.50. The number of hydrogen-bond donors (Lipinski definition) is 1. The summed E-state index contributed by atoms with van der Waals surface area (Å²) in [5, 5.41) is 14.2. The Morgan fingerprint density at radius 2 is 1.97 bits per heavy atom. The van der Waals surface area contributed by atoms with Crippen LogP contribution in [-0.4, -0.2) is 36.6 Å². The van der Waals surface area contributed by atoms with Crippen molar-refractivity contribution in [1.29, 1.82) is 0 Å².